The Morgan fingerprint density at radius 3 is 2.88 bits per heavy atom. The van der Waals surface area contributed by atoms with Crippen LogP contribution in [0.4, 0.5) is 0 Å². The van der Waals surface area contributed by atoms with Crippen LogP contribution in [0.15, 0.2) is 36.7 Å². The van der Waals surface area contributed by atoms with Crippen molar-refractivity contribution in [3.8, 4) is 11.4 Å². The molecule has 6 heteroatoms. The molecule has 0 unspecified atom stereocenters. The summed E-state index contributed by atoms with van der Waals surface area (Å²) in [6.07, 6.45) is 5.48. The molecule has 1 aromatic heterocycles. The van der Waals surface area contributed by atoms with E-state index in [0.29, 0.717) is 0 Å². The summed E-state index contributed by atoms with van der Waals surface area (Å²) in [5.41, 5.74) is 1.72. The summed E-state index contributed by atoms with van der Waals surface area (Å²) in [6, 6.07) is 7.71. The van der Waals surface area contributed by atoms with Crippen molar-refractivity contribution < 1.29 is 9.53 Å². The summed E-state index contributed by atoms with van der Waals surface area (Å²) < 4.78 is 5.54. The van der Waals surface area contributed by atoms with E-state index in [0.717, 1.165) is 62.6 Å². The van der Waals surface area contributed by atoms with Crippen LogP contribution in [0.3, 0.4) is 0 Å². The van der Waals surface area contributed by atoms with Crippen LogP contribution in [0, 0.1) is 0 Å². The summed E-state index contributed by atoms with van der Waals surface area (Å²) in [4.78, 5) is 24.9. The number of hydrogen-bond donors (Lipinski definition) is 1. The number of piperazine rings is 1. The molecule has 0 atom stereocenters. The molecule has 25 heavy (non-hydrogen) atoms. The molecular formula is C19H24N4O2. The number of aromatic amines is 1. The Balaban J connectivity index is 1.55. The minimum atomic E-state index is 0.0603. The average Bonchev–Trinajstić information content (AvgIpc) is 3.19. The molecule has 0 aliphatic carbocycles. The zero-order valence-electron chi connectivity index (χ0n) is 14.6. The number of amides is 1. The maximum Gasteiger partial charge on any atom is 0.253 e. The SMILES string of the molecule is CN1CCN(C(=O)c2cccc(-c3ncc[nH]3)c2)CC12CCOCC2. The predicted octanol–water partition coefficient (Wildman–Crippen LogP) is 2.01. The lowest BCUT2D eigenvalue weighted by atomic mass is 9.85. The Labute approximate surface area is 147 Å². The fourth-order valence-electron chi connectivity index (χ4n) is 3.93. The first-order valence-electron chi connectivity index (χ1n) is 8.86. The van der Waals surface area contributed by atoms with Crippen LogP contribution in [-0.4, -0.2) is 71.1 Å². The largest absolute Gasteiger partial charge is 0.381 e. The normalized spacial score (nSPS) is 20.8. The second-order valence-corrected chi connectivity index (χ2v) is 7.00. The molecular weight excluding hydrogens is 316 g/mol. The van der Waals surface area contributed by atoms with E-state index in [9.17, 15) is 4.79 Å². The molecule has 1 amide bonds. The summed E-state index contributed by atoms with van der Waals surface area (Å²) in [7, 11) is 2.17. The van der Waals surface area contributed by atoms with E-state index in [-0.39, 0.29) is 11.4 Å². The van der Waals surface area contributed by atoms with Crippen LogP contribution in [0.2, 0.25) is 0 Å². The third-order valence-electron chi connectivity index (χ3n) is 5.59. The first-order valence-corrected chi connectivity index (χ1v) is 8.86. The van der Waals surface area contributed by atoms with Crippen molar-refractivity contribution in [1.82, 2.24) is 19.8 Å². The maximum absolute atomic E-state index is 13.1. The van der Waals surface area contributed by atoms with Crippen molar-refractivity contribution in [2.45, 2.75) is 18.4 Å². The standard InChI is InChI=1S/C19H24N4O2/c1-22-9-10-23(14-19(22)5-11-25-12-6-19)18(24)16-4-2-3-15(13-16)17-20-7-8-21-17/h2-4,7-8,13H,5-6,9-12,14H2,1H3,(H,20,21). The number of ether oxygens (including phenoxy) is 1. The van der Waals surface area contributed by atoms with Crippen molar-refractivity contribution in [2.75, 3.05) is 39.9 Å². The summed E-state index contributed by atoms with van der Waals surface area (Å²) in [6.45, 7) is 4.00. The predicted molar refractivity (Wildman–Crippen MR) is 95.3 cm³/mol. The summed E-state index contributed by atoms with van der Waals surface area (Å²) in [5, 5.41) is 0. The number of imidazole rings is 1. The van der Waals surface area contributed by atoms with Gasteiger partial charge in [-0.3, -0.25) is 9.69 Å². The Morgan fingerprint density at radius 2 is 2.12 bits per heavy atom. The van der Waals surface area contributed by atoms with Crippen molar-refractivity contribution in [3.63, 3.8) is 0 Å². The van der Waals surface area contributed by atoms with Gasteiger partial charge in [-0.1, -0.05) is 12.1 Å². The van der Waals surface area contributed by atoms with Crippen LogP contribution < -0.4 is 0 Å². The Morgan fingerprint density at radius 1 is 1.28 bits per heavy atom. The highest BCUT2D eigenvalue weighted by atomic mass is 16.5. The first-order chi connectivity index (χ1) is 12.2. The van der Waals surface area contributed by atoms with E-state index in [1.54, 1.807) is 12.4 Å². The molecule has 2 aliphatic rings. The lowest BCUT2D eigenvalue weighted by Crippen LogP contribution is -2.63. The molecule has 2 aromatic rings. The second kappa shape index (κ2) is 6.61. The van der Waals surface area contributed by atoms with Gasteiger partial charge in [-0.25, -0.2) is 4.98 Å². The van der Waals surface area contributed by atoms with Crippen LogP contribution in [-0.2, 0) is 4.74 Å². The van der Waals surface area contributed by atoms with Gasteiger partial charge in [0.15, 0.2) is 0 Å². The third-order valence-corrected chi connectivity index (χ3v) is 5.59. The van der Waals surface area contributed by atoms with E-state index in [4.69, 9.17) is 4.74 Å². The molecule has 2 saturated heterocycles. The second-order valence-electron chi connectivity index (χ2n) is 7.00. The van der Waals surface area contributed by atoms with Crippen LogP contribution in [0.5, 0.6) is 0 Å². The Kier molecular flexibility index (Phi) is 4.31. The Bertz CT molecular complexity index is 738. The molecule has 2 aliphatic heterocycles. The number of carbonyl (C=O) groups is 1. The van der Waals surface area contributed by atoms with Crippen molar-refractivity contribution in [3.05, 3.63) is 42.2 Å². The topological polar surface area (TPSA) is 61.5 Å². The smallest absolute Gasteiger partial charge is 0.253 e. The van der Waals surface area contributed by atoms with E-state index < -0.39 is 0 Å². The lowest BCUT2D eigenvalue weighted by molar-refractivity contribution is -0.0543. The maximum atomic E-state index is 13.1. The third kappa shape index (κ3) is 3.07. The number of aromatic nitrogens is 2. The van der Waals surface area contributed by atoms with Gasteiger partial charge in [0.2, 0.25) is 0 Å². The quantitative estimate of drug-likeness (QED) is 0.908. The van der Waals surface area contributed by atoms with Crippen LogP contribution in [0.1, 0.15) is 23.2 Å². The average molecular weight is 340 g/mol. The van der Waals surface area contributed by atoms with Crippen molar-refractivity contribution >= 4 is 5.91 Å². The fourth-order valence-corrected chi connectivity index (χ4v) is 3.93. The van der Waals surface area contributed by atoms with Gasteiger partial charge in [0.25, 0.3) is 5.91 Å². The zero-order chi connectivity index (χ0) is 17.3. The molecule has 0 radical (unpaired) electrons. The number of H-pyrrole nitrogens is 1. The van der Waals surface area contributed by atoms with Gasteiger partial charge in [-0.2, -0.15) is 0 Å². The number of likely N-dealkylation sites (N-methyl/N-ethyl adjacent to an activating group) is 1. The molecule has 1 N–H and O–H groups in total. The zero-order valence-corrected chi connectivity index (χ0v) is 14.6. The lowest BCUT2D eigenvalue weighted by Gasteiger charge is -2.51. The van der Waals surface area contributed by atoms with Gasteiger partial charge < -0.3 is 14.6 Å². The molecule has 1 aromatic carbocycles. The highest BCUT2D eigenvalue weighted by Gasteiger charge is 2.42. The summed E-state index contributed by atoms with van der Waals surface area (Å²) >= 11 is 0. The number of rotatable bonds is 2. The molecule has 2 fully saturated rings. The van der Waals surface area contributed by atoms with Gasteiger partial charge in [0.1, 0.15) is 5.82 Å². The fraction of sp³-hybridized carbons (Fsp3) is 0.474. The first kappa shape index (κ1) is 16.3. The van der Waals surface area contributed by atoms with Gasteiger partial charge in [-0.15, -0.1) is 0 Å². The number of hydrogen-bond acceptors (Lipinski definition) is 4. The van der Waals surface area contributed by atoms with Gasteiger partial charge in [-0.05, 0) is 32.0 Å². The van der Waals surface area contributed by atoms with E-state index in [2.05, 4.69) is 21.9 Å². The molecule has 4 rings (SSSR count). The van der Waals surface area contributed by atoms with E-state index >= 15 is 0 Å². The minimum Gasteiger partial charge on any atom is -0.381 e. The van der Waals surface area contributed by atoms with Crippen LogP contribution in [0.25, 0.3) is 11.4 Å². The van der Waals surface area contributed by atoms with Crippen molar-refractivity contribution in [2.24, 2.45) is 0 Å². The van der Waals surface area contributed by atoms with Crippen LogP contribution >= 0.6 is 0 Å². The minimum absolute atomic E-state index is 0.0603. The number of nitrogens with one attached hydrogen (secondary N) is 1. The van der Waals surface area contributed by atoms with Crippen molar-refractivity contribution in [1.29, 1.82) is 0 Å². The Hall–Kier alpha value is -2.18. The highest BCUT2D eigenvalue weighted by molar-refractivity contribution is 5.95. The number of nitrogens with zero attached hydrogens (tertiary/aromatic N) is 3. The van der Waals surface area contributed by atoms with Gasteiger partial charge in [0, 0.05) is 61.9 Å². The number of benzene rings is 1. The monoisotopic (exact) mass is 340 g/mol. The van der Waals surface area contributed by atoms with Gasteiger partial charge in [0.05, 0.1) is 0 Å². The summed E-state index contributed by atoms with van der Waals surface area (Å²) in [5.74, 6) is 0.890. The van der Waals surface area contributed by atoms with Gasteiger partial charge >= 0.3 is 0 Å². The van der Waals surface area contributed by atoms with E-state index in [1.165, 1.54) is 0 Å². The number of carbonyl (C=O) groups excluding carboxylic acids is 1. The molecule has 3 heterocycles. The molecule has 6 nitrogen and oxygen atoms in total. The molecule has 132 valence electrons. The highest BCUT2D eigenvalue weighted by Crippen LogP contribution is 2.31. The molecule has 0 bridgehead atoms. The van der Waals surface area contributed by atoms with E-state index in [1.807, 2.05) is 29.2 Å². The molecule has 0 saturated carbocycles. The molecule has 1 spiro atoms.